The highest BCUT2D eigenvalue weighted by Gasteiger charge is 2.54. The number of fused-ring (bicyclic) bond motifs is 3. The van der Waals surface area contributed by atoms with E-state index in [1.807, 2.05) is 100.0 Å². The van der Waals surface area contributed by atoms with E-state index in [9.17, 15) is 24.3 Å². The van der Waals surface area contributed by atoms with Gasteiger partial charge in [0.15, 0.2) is 19.4 Å². The third-order valence-corrected chi connectivity index (χ3v) is 14.8. The van der Waals surface area contributed by atoms with E-state index in [0.717, 1.165) is 49.1 Å². The second kappa shape index (κ2) is 21.1. The molecule has 63 heavy (non-hydrogen) atoms. The minimum atomic E-state index is -4.82. The molecule has 2 atom stereocenters. The van der Waals surface area contributed by atoms with Crippen LogP contribution in [-0.2, 0) is 40.3 Å². The molecule has 14 nitrogen and oxygen atoms in total. The lowest BCUT2D eigenvalue weighted by atomic mass is 9.83. The van der Waals surface area contributed by atoms with E-state index in [4.69, 9.17) is 18.9 Å². The number of piperidine rings is 3. The molecule has 4 aromatic rings. The zero-order chi connectivity index (χ0) is 45.3. The quantitative estimate of drug-likeness (QED) is 0.0195. The summed E-state index contributed by atoms with van der Waals surface area (Å²) >= 11 is 2.67. The van der Waals surface area contributed by atoms with Crippen molar-refractivity contribution in [2.24, 2.45) is 5.92 Å². The van der Waals surface area contributed by atoms with Gasteiger partial charge in [0.05, 0.1) is 55.2 Å². The molecule has 0 aliphatic carbocycles. The number of thiophene rings is 2. The molecule has 3 aliphatic rings. The molecule has 0 amide bonds. The Labute approximate surface area is 379 Å². The standard InChI is InChI=1S/C46H62N3O11PS2/c1-6-48(7-2,30-36-28-35(38(50)29-47-45(3,4)5)18-19-39(36)57-33-58-61(53,54)55)32-43(51)60-46(41-16-11-26-62-41,42-17-12-27-63-42)44(52)59-40-31-49(23-20-34(40)21-24-49)22-13-25-56-37-14-9-8-10-15-37/h8-12,14-19,26-28,34,38,40,47,50H,6-7,13,20-25,29-33H2,1-5H3/p+2. The second-order valence-corrected chi connectivity index (χ2v) is 20.9. The lowest BCUT2D eigenvalue weighted by Crippen LogP contribution is -2.65. The highest BCUT2D eigenvalue weighted by Crippen LogP contribution is 2.44. The molecule has 0 radical (unpaired) electrons. The Morgan fingerprint density at radius 3 is 2.19 bits per heavy atom. The number of carbonyl (C=O) groups excluding carboxylic acids is 2. The van der Waals surface area contributed by atoms with Crippen LogP contribution in [0.15, 0.2) is 83.6 Å². The summed E-state index contributed by atoms with van der Waals surface area (Å²) in [4.78, 5) is 49.5. The summed E-state index contributed by atoms with van der Waals surface area (Å²) in [6.45, 7) is 14.7. The third-order valence-electron chi connectivity index (χ3n) is 12.4. The molecule has 17 heteroatoms. The van der Waals surface area contributed by atoms with Crippen molar-refractivity contribution in [3.05, 3.63) is 104 Å². The number of β-amino-alcohol motifs (C(OH)–C–C–N with tert-alkyl or cyclic N) is 1. The van der Waals surface area contributed by atoms with Gasteiger partial charge in [0, 0.05) is 42.8 Å². The first-order valence-electron chi connectivity index (χ1n) is 21.8. The average molecular weight is 930 g/mol. The first-order chi connectivity index (χ1) is 30.0. The van der Waals surface area contributed by atoms with E-state index in [2.05, 4.69) is 9.84 Å². The van der Waals surface area contributed by atoms with Crippen molar-refractivity contribution >= 4 is 42.4 Å². The number of esters is 2. The van der Waals surface area contributed by atoms with Gasteiger partial charge >= 0.3 is 19.8 Å². The van der Waals surface area contributed by atoms with E-state index in [1.54, 1.807) is 18.2 Å². The van der Waals surface area contributed by atoms with Gasteiger partial charge < -0.3 is 48.1 Å². The Hall–Kier alpha value is -3.67. The van der Waals surface area contributed by atoms with Crippen molar-refractivity contribution in [3.8, 4) is 11.5 Å². The molecule has 3 fully saturated rings. The van der Waals surface area contributed by atoms with Gasteiger partial charge in [0.1, 0.15) is 24.6 Å². The van der Waals surface area contributed by atoms with E-state index in [-0.39, 0.29) is 47.4 Å². The van der Waals surface area contributed by atoms with Crippen LogP contribution in [0.2, 0.25) is 0 Å². The van der Waals surface area contributed by atoms with Gasteiger partial charge in [0.25, 0.3) is 5.60 Å². The van der Waals surface area contributed by atoms with E-state index >= 15 is 4.79 Å². The number of nitrogens with one attached hydrogen (secondary N) is 1. The van der Waals surface area contributed by atoms with E-state index in [1.165, 1.54) is 22.7 Å². The Kier molecular flexibility index (Phi) is 16.3. The van der Waals surface area contributed by atoms with Crippen molar-refractivity contribution < 1.29 is 61.5 Å². The second-order valence-electron chi connectivity index (χ2n) is 17.8. The largest absolute Gasteiger partial charge is 0.493 e. The fraction of sp³-hybridized carbons (Fsp3) is 0.522. The maximum Gasteiger partial charge on any atom is 0.472 e. The molecule has 2 bridgehead atoms. The van der Waals surface area contributed by atoms with Gasteiger partial charge in [-0.3, -0.25) is 0 Å². The van der Waals surface area contributed by atoms with Crippen molar-refractivity contribution in [2.45, 2.75) is 83.8 Å². The monoisotopic (exact) mass is 929 g/mol. The van der Waals surface area contributed by atoms with Gasteiger partial charge in [0.2, 0.25) is 0 Å². The lowest BCUT2D eigenvalue weighted by molar-refractivity contribution is -0.946. The van der Waals surface area contributed by atoms with Gasteiger partial charge in [-0.05, 0) is 87.3 Å². The summed E-state index contributed by atoms with van der Waals surface area (Å²) < 4.78 is 42.1. The number of aliphatic hydroxyl groups excluding tert-OH is 1. The molecule has 3 saturated heterocycles. The number of likely N-dealkylation sites (N-methyl/N-ethyl adjacent to an activating group) is 1. The molecule has 2 unspecified atom stereocenters. The van der Waals surface area contributed by atoms with Crippen molar-refractivity contribution in [1.82, 2.24) is 5.32 Å². The lowest BCUT2D eigenvalue weighted by Gasteiger charge is -2.52. The number of quaternary nitrogens is 2. The van der Waals surface area contributed by atoms with Crippen LogP contribution in [0.5, 0.6) is 11.5 Å². The highest BCUT2D eigenvalue weighted by molar-refractivity contribution is 7.46. The normalized spacial score (nSPS) is 19.7. The molecule has 0 saturated carbocycles. The van der Waals surface area contributed by atoms with Crippen LogP contribution in [0.3, 0.4) is 0 Å². The van der Waals surface area contributed by atoms with Crippen molar-refractivity contribution in [1.29, 1.82) is 0 Å². The molecular weight excluding hydrogens is 866 g/mol. The van der Waals surface area contributed by atoms with Crippen molar-refractivity contribution in [2.75, 3.05) is 65.8 Å². The molecule has 7 rings (SSSR count). The smallest absolute Gasteiger partial charge is 0.472 e. The molecule has 3 aliphatic heterocycles. The van der Waals surface area contributed by atoms with Crippen LogP contribution in [0.1, 0.15) is 80.9 Å². The molecule has 4 N–H and O–H groups in total. The number of hydrogen-bond donors (Lipinski definition) is 4. The number of aliphatic hydroxyl groups is 1. The Bertz CT molecular complexity index is 2080. The van der Waals surface area contributed by atoms with Crippen LogP contribution in [0, 0.1) is 5.92 Å². The number of ether oxygens (including phenoxy) is 4. The molecule has 2 aromatic heterocycles. The van der Waals surface area contributed by atoms with Gasteiger partial charge in [-0.2, -0.15) is 0 Å². The van der Waals surface area contributed by atoms with Gasteiger partial charge in [-0.15, -0.1) is 22.7 Å². The SMILES string of the molecule is CC[N+](CC)(CC(=O)OC(C(=O)OC1C[N+]2(CCCOc3ccccc3)CCC1CC2)(c1cccs1)c1cccs1)Cc1cc(C(O)CNC(C)(C)C)ccc1OCOP(=O)(O)O. The number of nitrogens with zero attached hydrogens (tertiary/aromatic N) is 2. The van der Waals surface area contributed by atoms with Crippen LogP contribution < -0.4 is 14.8 Å². The average Bonchev–Trinajstić information content (AvgIpc) is 4.01. The van der Waals surface area contributed by atoms with Gasteiger partial charge in [-0.25, -0.2) is 18.7 Å². The van der Waals surface area contributed by atoms with Crippen molar-refractivity contribution in [3.63, 3.8) is 0 Å². The number of hydrogen-bond acceptors (Lipinski definition) is 12. The van der Waals surface area contributed by atoms with Gasteiger partial charge in [-0.1, -0.05) is 36.4 Å². The molecule has 344 valence electrons. The summed E-state index contributed by atoms with van der Waals surface area (Å²) in [6, 6.07) is 22.2. The summed E-state index contributed by atoms with van der Waals surface area (Å²) in [6.07, 6.45) is 1.52. The minimum absolute atomic E-state index is 0.132. The molecule has 0 spiro atoms. The summed E-state index contributed by atoms with van der Waals surface area (Å²) in [5, 5.41) is 18.2. The first-order valence-corrected chi connectivity index (χ1v) is 25.0. The van der Waals surface area contributed by atoms with Crippen LogP contribution in [-0.4, -0.2) is 113 Å². The topological polar surface area (TPSA) is 170 Å². The summed E-state index contributed by atoms with van der Waals surface area (Å²) in [5.41, 5.74) is -0.906. The fourth-order valence-corrected chi connectivity index (χ4v) is 10.7. The first kappa shape index (κ1) is 48.8. The molecule has 2 aromatic carbocycles. The van der Waals surface area contributed by atoms with Crippen LogP contribution in [0.25, 0.3) is 0 Å². The predicted molar refractivity (Wildman–Crippen MR) is 242 cm³/mol. The van der Waals surface area contributed by atoms with E-state index < -0.39 is 38.3 Å². The zero-order valence-corrected chi connectivity index (χ0v) is 39.5. The summed E-state index contributed by atoms with van der Waals surface area (Å²) in [5.74, 6) is 0.120. The number of benzene rings is 2. The van der Waals surface area contributed by atoms with Crippen LogP contribution in [0.4, 0.5) is 0 Å². The van der Waals surface area contributed by atoms with E-state index in [0.29, 0.717) is 47.1 Å². The maximum absolute atomic E-state index is 15.1. The van der Waals surface area contributed by atoms with Crippen LogP contribution >= 0.6 is 30.5 Å². The fourth-order valence-electron chi connectivity index (χ4n) is 8.73. The Balaban J connectivity index is 1.24. The number of phosphoric acid groups is 1. The molecule has 5 heterocycles. The number of carbonyl (C=O) groups is 2. The number of para-hydroxylation sites is 1. The predicted octanol–water partition coefficient (Wildman–Crippen LogP) is 7.14. The third kappa shape index (κ3) is 12.8. The maximum atomic E-state index is 15.1. The molecular formula is C46H64N3O11PS2+2. The summed E-state index contributed by atoms with van der Waals surface area (Å²) in [7, 11) is -4.82. The minimum Gasteiger partial charge on any atom is -0.493 e. The number of rotatable bonds is 23. The Morgan fingerprint density at radius 2 is 1.60 bits per heavy atom. The number of phosphoric ester groups is 1. The Morgan fingerprint density at radius 1 is 0.937 bits per heavy atom. The highest BCUT2D eigenvalue weighted by atomic mass is 32.1. The zero-order valence-electron chi connectivity index (χ0n) is 37.0.